The maximum atomic E-state index is 13.0. The number of carbonyl (C=O) groups is 1. The summed E-state index contributed by atoms with van der Waals surface area (Å²) in [5, 5.41) is 16.7. The van der Waals surface area contributed by atoms with Gasteiger partial charge in [0, 0.05) is 6.08 Å². The van der Waals surface area contributed by atoms with E-state index in [1.165, 1.54) is 18.2 Å². The Labute approximate surface area is 79.7 Å². The van der Waals surface area contributed by atoms with Gasteiger partial charge in [-0.25, -0.2) is 9.18 Å². The molecule has 3 nitrogen and oxygen atoms in total. The lowest BCUT2D eigenvalue weighted by Gasteiger charge is -1.97. The van der Waals surface area contributed by atoms with Crippen LogP contribution < -0.4 is 0 Å². The lowest BCUT2D eigenvalue weighted by atomic mass is 10.1. The number of nitriles is 1. The summed E-state index contributed by atoms with van der Waals surface area (Å²) in [4.78, 5) is 10.4. The molecule has 0 unspecified atom stereocenters. The normalized spacial score (nSPS) is 10.0. The number of aromatic carboxylic acids is 1. The summed E-state index contributed by atoms with van der Waals surface area (Å²) in [6.45, 7) is 0. The summed E-state index contributed by atoms with van der Waals surface area (Å²) in [6, 6.07) is 5.41. The van der Waals surface area contributed by atoms with Crippen LogP contribution in [0.4, 0.5) is 4.39 Å². The highest BCUT2D eigenvalue weighted by atomic mass is 19.1. The molecule has 1 aromatic carbocycles. The molecule has 0 atom stereocenters. The van der Waals surface area contributed by atoms with Crippen LogP contribution in [0.3, 0.4) is 0 Å². The van der Waals surface area contributed by atoms with Gasteiger partial charge in [-0.1, -0.05) is 6.07 Å². The van der Waals surface area contributed by atoms with Crippen molar-refractivity contribution in [2.75, 3.05) is 0 Å². The molecular weight excluding hydrogens is 185 g/mol. The largest absolute Gasteiger partial charge is 0.478 e. The van der Waals surface area contributed by atoms with Gasteiger partial charge < -0.3 is 5.11 Å². The Hall–Kier alpha value is -2.15. The lowest BCUT2D eigenvalue weighted by molar-refractivity contribution is 0.0692. The first kappa shape index (κ1) is 9.93. The second-order valence-corrected chi connectivity index (χ2v) is 2.51. The van der Waals surface area contributed by atoms with Crippen molar-refractivity contribution in [3.05, 3.63) is 41.2 Å². The van der Waals surface area contributed by atoms with E-state index in [1.807, 2.05) is 0 Å². The minimum atomic E-state index is -1.31. The van der Waals surface area contributed by atoms with Crippen LogP contribution in [0.1, 0.15) is 15.9 Å². The van der Waals surface area contributed by atoms with Crippen LogP contribution in [-0.2, 0) is 0 Å². The van der Waals surface area contributed by atoms with Gasteiger partial charge in [-0.05, 0) is 23.8 Å². The summed E-state index contributed by atoms with van der Waals surface area (Å²) in [7, 11) is 0. The van der Waals surface area contributed by atoms with Crippen molar-refractivity contribution in [2.45, 2.75) is 0 Å². The third-order valence-corrected chi connectivity index (χ3v) is 1.57. The van der Waals surface area contributed by atoms with E-state index in [2.05, 4.69) is 0 Å². The number of hydrogen-bond acceptors (Lipinski definition) is 2. The van der Waals surface area contributed by atoms with Crippen molar-refractivity contribution in [3.63, 3.8) is 0 Å². The molecule has 1 rings (SSSR count). The van der Waals surface area contributed by atoms with Crippen LogP contribution in [0.25, 0.3) is 6.08 Å². The van der Waals surface area contributed by atoms with E-state index >= 15 is 0 Å². The second-order valence-electron chi connectivity index (χ2n) is 2.51. The number of carboxylic acids is 1. The molecule has 1 aromatic rings. The maximum absolute atomic E-state index is 13.0. The molecule has 0 heterocycles. The van der Waals surface area contributed by atoms with Gasteiger partial charge in [-0.2, -0.15) is 5.26 Å². The molecule has 0 amide bonds. The summed E-state index contributed by atoms with van der Waals surface area (Å²) in [5.41, 5.74) is 0.0770. The average molecular weight is 191 g/mol. The molecule has 4 heteroatoms. The fourth-order valence-corrected chi connectivity index (χ4v) is 0.942. The summed E-state index contributed by atoms with van der Waals surface area (Å²) in [5.74, 6) is -2.11. The fourth-order valence-electron chi connectivity index (χ4n) is 0.942. The van der Waals surface area contributed by atoms with Gasteiger partial charge in [-0.3, -0.25) is 0 Å². The van der Waals surface area contributed by atoms with Gasteiger partial charge in [0.2, 0.25) is 0 Å². The Morgan fingerprint density at radius 2 is 2.29 bits per heavy atom. The molecule has 0 aliphatic heterocycles. The number of halogens is 1. The summed E-state index contributed by atoms with van der Waals surface area (Å²) >= 11 is 0. The first-order valence-electron chi connectivity index (χ1n) is 3.74. The monoisotopic (exact) mass is 191 g/mol. The van der Waals surface area contributed by atoms with Crippen molar-refractivity contribution >= 4 is 12.0 Å². The molecule has 0 aromatic heterocycles. The van der Waals surface area contributed by atoms with E-state index in [4.69, 9.17) is 10.4 Å². The Morgan fingerprint density at radius 1 is 1.57 bits per heavy atom. The highest BCUT2D eigenvalue weighted by Crippen LogP contribution is 2.11. The second kappa shape index (κ2) is 4.19. The highest BCUT2D eigenvalue weighted by molar-refractivity contribution is 5.88. The first-order chi connectivity index (χ1) is 6.65. The predicted molar refractivity (Wildman–Crippen MR) is 48.0 cm³/mol. The van der Waals surface area contributed by atoms with Crippen molar-refractivity contribution in [3.8, 4) is 6.07 Å². The van der Waals surface area contributed by atoms with Crippen molar-refractivity contribution in [1.29, 1.82) is 5.26 Å². The number of benzene rings is 1. The standard InChI is InChI=1S/C10H6FNO2/c11-9-6-7(2-1-5-12)3-4-8(9)10(13)14/h1-4,6H,(H,13,14). The van der Waals surface area contributed by atoms with Crippen LogP contribution in [0.2, 0.25) is 0 Å². The SMILES string of the molecule is N#CC=Cc1ccc(C(=O)O)c(F)c1. The average Bonchev–Trinajstić information content (AvgIpc) is 2.14. The van der Waals surface area contributed by atoms with Crippen LogP contribution >= 0.6 is 0 Å². The molecule has 0 bridgehead atoms. The summed E-state index contributed by atoms with van der Waals surface area (Å²) in [6.07, 6.45) is 2.59. The highest BCUT2D eigenvalue weighted by Gasteiger charge is 2.08. The number of nitrogens with zero attached hydrogens (tertiary/aromatic N) is 1. The molecule has 70 valence electrons. The van der Waals surface area contributed by atoms with Crippen molar-refractivity contribution in [2.24, 2.45) is 0 Å². The Kier molecular flexibility index (Phi) is 2.97. The quantitative estimate of drug-likeness (QED) is 0.728. The molecule has 1 N–H and O–H groups in total. The van der Waals surface area contributed by atoms with Gasteiger partial charge >= 0.3 is 5.97 Å². The van der Waals surface area contributed by atoms with Crippen LogP contribution in [-0.4, -0.2) is 11.1 Å². The molecule has 14 heavy (non-hydrogen) atoms. The third kappa shape index (κ3) is 2.17. The van der Waals surface area contributed by atoms with E-state index in [0.29, 0.717) is 5.56 Å². The van der Waals surface area contributed by atoms with E-state index in [9.17, 15) is 9.18 Å². The van der Waals surface area contributed by atoms with Gasteiger partial charge in [0.1, 0.15) is 5.82 Å². The Morgan fingerprint density at radius 3 is 2.79 bits per heavy atom. The lowest BCUT2D eigenvalue weighted by Crippen LogP contribution is -1.99. The van der Waals surface area contributed by atoms with Crippen LogP contribution in [0.5, 0.6) is 0 Å². The number of carboxylic acid groups (broad SMARTS) is 1. The van der Waals surface area contributed by atoms with Crippen molar-refractivity contribution < 1.29 is 14.3 Å². The zero-order valence-electron chi connectivity index (χ0n) is 7.07. The third-order valence-electron chi connectivity index (χ3n) is 1.57. The number of allylic oxidation sites excluding steroid dienone is 1. The molecule has 0 radical (unpaired) electrons. The van der Waals surface area contributed by atoms with Crippen molar-refractivity contribution in [1.82, 2.24) is 0 Å². The molecule has 0 saturated heterocycles. The molecule has 0 aliphatic rings. The Balaban J connectivity index is 3.08. The van der Waals surface area contributed by atoms with E-state index in [1.54, 1.807) is 6.07 Å². The van der Waals surface area contributed by atoms with E-state index in [0.717, 1.165) is 12.1 Å². The van der Waals surface area contributed by atoms with Gasteiger partial charge in [0.25, 0.3) is 0 Å². The van der Waals surface area contributed by atoms with E-state index in [-0.39, 0.29) is 5.56 Å². The Bertz CT molecular complexity index is 432. The zero-order valence-corrected chi connectivity index (χ0v) is 7.07. The minimum Gasteiger partial charge on any atom is -0.478 e. The van der Waals surface area contributed by atoms with E-state index < -0.39 is 11.8 Å². The van der Waals surface area contributed by atoms with Crippen LogP contribution in [0.15, 0.2) is 24.3 Å². The van der Waals surface area contributed by atoms with Gasteiger partial charge in [0.15, 0.2) is 0 Å². The maximum Gasteiger partial charge on any atom is 0.338 e. The zero-order chi connectivity index (χ0) is 10.6. The summed E-state index contributed by atoms with van der Waals surface area (Å²) < 4.78 is 13.0. The number of hydrogen-bond donors (Lipinski definition) is 1. The molecule has 0 spiro atoms. The number of rotatable bonds is 2. The fraction of sp³-hybridized carbons (Fsp3) is 0. The molecule has 0 aliphatic carbocycles. The van der Waals surface area contributed by atoms with Gasteiger partial charge in [-0.15, -0.1) is 0 Å². The molecule has 0 saturated carbocycles. The van der Waals surface area contributed by atoms with Gasteiger partial charge in [0.05, 0.1) is 11.6 Å². The molecule has 0 fully saturated rings. The predicted octanol–water partition coefficient (Wildman–Crippen LogP) is 2.06. The molecular formula is C10H6FNO2. The van der Waals surface area contributed by atoms with Crippen LogP contribution in [0, 0.1) is 17.1 Å². The first-order valence-corrected chi connectivity index (χ1v) is 3.74. The topological polar surface area (TPSA) is 61.1 Å². The minimum absolute atomic E-state index is 0.376. The smallest absolute Gasteiger partial charge is 0.338 e.